The molecule has 2 heterocycles. The van der Waals surface area contributed by atoms with Crippen LogP contribution in [-0.2, 0) is 0 Å². The van der Waals surface area contributed by atoms with Crippen molar-refractivity contribution in [2.24, 2.45) is 0 Å². The molecule has 0 bridgehead atoms. The van der Waals surface area contributed by atoms with Gasteiger partial charge in [0.2, 0.25) is 7.41 Å². The number of hydrogen-bond acceptors (Lipinski definition) is 2. The molecular weight excluding hydrogens is 147 g/mol. The SMILES string of the molecule is C[B]N1CCC2(CCCN2C)C1. The summed E-state index contributed by atoms with van der Waals surface area (Å²) in [5.74, 6) is 0. The van der Waals surface area contributed by atoms with E-state index < -0.39 is 0 Å². The van der Waals surface area contributed by atoms with Crippen molar-refractivity contribution in [2.45, 2.75) is 31.6 Å². The molecule has 1 atom stereocenters. The van der Waals surface area contributed by atoms with Crippen LogP contribution in [0.15, 0.2) is 0 Å². The summed E-state index contributed by atoms with van der Waals surface area (Å²) in [6.07, 6.45) is 4.18. The minimum Gasteiger partial charge on any atom is -0.345 e. The van der Waals surface area contributed by atoms with Crippen molar-refractivity contribution in [3.63, 3.8) is 0 Å². The van der Waals surface area contributed by atoms with Gasteiger partial charge in [-0.05, 0) is 39.4 Å². The van der Waals surface area contributed by atoms with E-state index in [1.807, 2.05) is 0 Å². The fourth-order valence-corrected chi connectivity index (χ4v) is 2.70. The lowest BCUT2D eigenvalue weighted by Gasteiger charge is -2.32. The van der Waals surface area contributed by atoms with Crippen LogP contribution in [0.25, 0.3) is 0 Å². The smallest absolute Gasteiger partial charge is 0.205 e. The lowest BCUT2D eigenvalue weighted by atomic mass is 9.93. The van der Waals surface area contributed by atoms with Crippen molar-refractivity contribution in [3.8, 4) is 0 Å². The summed E-state index contributed by atoms with van der Waals surface area (Å²) in [5, 5.41) is 0. The Balaban J connectivity index is 2.04. The van der Waals surface area contributed by atoms with Crippen molar-refractivity contribution in [1.29, 1.82) is 0 Å². The monoisotopic (exact) mass is 165 g/mol. The number of hydrogen-bond donors (Lipinski definition) is 0. The van der Waals surface area contributed by atoms with Crippen LogP contribution >= 0.6 is 0 Å². The Hall–Kier alpha value is -0.0151. The number of rotatable bonds is 1. The van der Waals surface area contributed by atoms with E-state index in [0.29, 0.717) is 5.54 Å². The van der Waals surface area contributed by atoms with Crippen molar-refractivity contribution in [1.82, 2.24) is 9.71 Å². The Morgan fingerprint density at radius 1 is 1.25 bits per heavy atom. The van der Waals surface area contributed by atoms with Crippen LogP contribution in [0.2, 0.25) is 6.82 Å². The molecule has 2 nitrogen and oxygen atoms in total. The summed E-state index contributed by atoms with van der Waals surface area (Å²) in [6, 6.07) is 0. The van der Waals surface area contributed by atoms with Gasteiger partial charge in [0.15, 0.2) is 0 Å². The number of likely N-dealkylation sites (N-methyl/N-ethyl adjacent to an activating group) is 1. The fourth-order valence-electron chi connectivity index (χ4n) is 2.70. The number of likely N-dealkylation sites (tertiary alicyclic amines) is 1. The average Bonchev–Trinajstić information content (AvgIpc) is 2.63. The maximum Gasteiger partial charge on any atom is 0.205 e. The van der Waals surface area contributed by atoms with Gasteiger partial charge in [0.05, 0.1) is 0 Å². The van der Waals surface area contributed by atoms with Gasteiger partial charge >= 0.3 is 0 Å². The second kappa shape index (κ2) is 3.04. The quantitative estimate of drug-likeness (QED) is 0.531. The highest BCUT2D eigenvalue weighted by atomic mass is 15.3. The maximum atomic E-state index is 2.57. The van der Waals surface area contributed by atoms with E-state index >= 15 is 0 Å². The average molecular weight is 165 g/mol. The van der Waals surface area contributed by atoms with Gasteiger partial charge in [-0.1, -0.05) is 6.82 Å². The molecule has 2 saturated heterocycles. The Morgan fingerprint density at radius 2 is 2.08 bits per heavy atom. The third kappa shape index (κ3) is 1.19. The largest absolute Gasteiger partial charge is 0.345 e. The minimum absolute atomic E-state index is 0.548. The molecule has 67 valence electrons. The van der Waals surface area contributed by atoms with E-state index in [4.69, 9.17) is 0 Å². The molecule has 2 aliphatic rings. The summed E-state index contributed by atoms with van der Waals surface area (Å²) in [4.78, 5) is 5.03. The van der Waals surface area contributed by atoms with Crippen molar-refractivity contribution in [2.75, 3.05) is 26.7 Å². The maximum absolute atomic E-state index is 2.57. The van der Waals surface area contributed by atoms with Gasteiger partial charge in [-0.15, -0.1) is 0 Å². The minimum atomic E-state index is 0.548. The summed E-state index contributed by atoms with van der Waals surface area (Å²) < 4.78 is 0. The Morgan fingerprint density at radius 3 is 2.58 bits per heavy atom. The van der Waals surface area contributed by atoms with E-state index in [-0.39, 0.29) is 0 Å². The normalized spacial score (nSPS) is 38.2. The third-order valence-electron chi connectivity index (χ3n) is 3.67. The first-order chi connectivity index (χ1) is 5.77. The van der Waals surface area contributed by atoms with E-state index in [0.717, 1.165) is 0 Å². The molecule has 3 heteroatoms. The highest BCUT2D eigenvalue weighted by Gasteiger charge is 2.43. The molecule has 1 radical (unpaired) electrons. The molecule has 1 unspecified atom stereocenters. The van der Waals surface area contributed by atoms with Crippen molar-refractivity contribution in [3.05, 3.63) is 0 Å². The van der Waals surface area contributed by atoms with Gasteiger partial charge in [-0.2, -0.15) is 0 Å². The predicted molar refractivity (Wildman–Crippen MR) is 52.4 cm³/mol. The molecule has 0 aromatic carbocycles. The molecule has 0 N–H and O–H groups in total. The van der Waals surface area contributed by atoms with Gasteiger partial charge < -0.3 is 4.81 Å². The zero-order valence-corrected chi connectivity index (χ0v) is 8.21. The van der Waals surface area contributed by atoms with E-state index in [2.05, 4.69) is 31.0 Å². The van der Waals surface area contributed by atoms with E-state index in [1.54, 1.807) is 0 Å². The third-order valence-corrected chi connectivity index (χ3v) is 3.67. The highest BCUT2D eigenvalue weighted by molar-refractivity contribution is 6.29. The molecule has 1 spiro atoms. The first-order valence-corrected chi connectivity index (χ1v) is 5.02. The van der Waals surface area contributed by atoms with Crippen LogP contribution in [0.3, 0.4) is 0 Å². The molecule has 0 amide bonds. The summed E-state index contributed by atoms with van der Waals surface area (Å²) in [7, 11) is 4.52. The molecule has 0 aliphatic carbocycles. The van der Waals surface area contributed by atoms with E-state index in [9.17, 15) is 0 Å². The van der Waals surface area contributed by atoms with Gasteiger partial charge in [0, 0.05) is 12.1 Å². The molecule has 2 fully saturated rings. The van der Waals surface area contributed by atoms with Crippen LogP contribution in [0, 0.1) is 0 Å². The number of nitrogens with zero attached hydrogens (tertiary/aromatic N) is 2. The summed E-state index contributed by atoms with van der Waals surface area (Å²) in [5.41, 5.74) is 0.548. The zero-order valence-electron chi connectivity index (χ0n) is 8.21. The van der Waals surface area contributed by atoms with Crippen LogP contribution < -0.4 is 0 Å². The van der Waals surface area contributed by atoms with E-state index in [1.165, 1.54) is 38.9 Å². The Labute approximate surface area is 76.2 Å². The lowest BCUT2D eigenvalue weighted by Crippen LogP contribution is -2.43. The van der Waals surface area contributed by atoms with Gasteiger partial charge in [0.25, 0.3) is 0 Å². The second-order valence-electron chi connectivity index (χ2n) is 4.23. The molecule has 0 aromatic rings. The highest BCUT2D eigenvalue weighted by Crippen LogP contribution is 2.35. The predicted octanol–water partition coefficient (Wildman–Crippen LogP) is 0.824. The van der Waals surface area contributed by atoms with Crippen LogP contribution in [0.5, 0.6) is 0 Å². The van der Waals surface area contributed by atoms with Crippen LogP contribution in [-0.4, -0.2) is 49.3 Å². The first-order valence-electron chi connectivity index (χ1n) is 5.02. The molecule has 2 aliphatic heterocycles. The molecule has 2 rings (SSSR count). The topological polar surface area (TPSA) is 6.48 Å². The Bertz CT molecular complexity index is 174. The zero-order chi connectivity index (χ0) is 8.60. The second-order valence-corrected chi connectivity index (χ2v) is 4.23. The van der Waals surface area contributed by atoms with Crippen LogP contribution in [0.1, 0.15) is 19.3 Å². The molecular formula is C9H18BN2. The lowest BCUT2D eigenvalue weighted by molar-refractivity contribution is 0.188. The first kappa shape index (κ1) is 8.58. The van der Waals surface area contributed by atoms with Gasteiger partial charge in [-0.3, -0.25) is 4.90 Å². The van der Waals surface area contributed by atoms with Crippen LogP contribution in [0.4, 0.5) is 0 Å². The summed E-state index contributed by atoms with van der Waals surface area (Å²) >= 11 is 0. The Kier molecular flexibility index (Phi) is 2.17. The van der Waals surface area contributed by atoms with Crippen molar-refractivity contribution >= 4 is 7.41 Å². The van der Waals surface area contributed by atoms with Gasteiger partial charge in [-0.25, -0.2) is 0 Å². The molecule has 0 aromatic heterocycles. The summed E-state index contributed by atoms with van der Waals surface area (Å²) in [6.45, 7) is 5.98. The van der Waals surface area contributed by atoms with Crippen molar-refractivity contribution < 1.29 is 0 Å². The standard InChI is InChI=1S/C9H18BN2/c1-10-12-7-5-9(8-12)4-3-6-11(9)2/h3-8H2,1-2H3. The molecule has 0 saturated carbocycles. The fraction of sp³-hybridized carbons (Fsp3) is 1.00. The van der Waals surface area contributed by atoms with Gasteiger partial charge in [0.1, 0.15) is 0 Å². The molecule has 12 heavy (non-hydrogen) atoms.